The van der Waals surface area contributed by atoms with Gasteiger partial charge in [0.05, 0.1) is 23.9 Å². The monoisotopic (exact) mass is 629 g/mol. The van der Waals surface area contributed by atoms with Crippen molar-refractivity contribution in [1.29, 1.82) is 0 Å². The van der Waals surface area contributed by atoms with E-state index in [1.807, 2.05) is 32.9 Å². The van der Waals surface area contributed by atoms with Crippen LogP contribution in [0.3, 0.4) is 0 Å². The molecule has 2 heterocycles. The molecule has 1 saturated carbocycles. The van der Waals surface area contributed by atoms with Gasteiger partial charge in [0.25, 0.3) is 11.8 Å². The fourth-order valence-electron chi connectivity index (χ4n) is 8.21. The average molecular weight is 630 g/mol. The number of fused-ring (bicyclic) bond motifs is 3. The van der Waals surface area contributed by atoms with Gasteiger partial charge < -0.3 is 14.6 Å². The van der Waals surface area contributed by atoms with Gasteiger partial charge in [0.15, 0.2) is 0 Å². The highest BCUT2D eigenvalue weighted by Gasteiger charge is 2.53. The number of anilines is 1. The van der Waals surface area contributed by atoms with E-state index >= 15 is 0 Å². The van der Waals surface area contributed by atoms with Crippen LogP contribution < -0.4 is 5.32 Å². The summed E-state index contributed by atoms with van der Waals surface area (Å²) in [5.41, 5.74) is 5.67. The second-order valence-electron chi connectivity index (χ2n) is 13.5. The highest BCUT2D eigenvalue weighted by molar-refractivity contribution is 6.22. The van der Waals surface area contributed by atoms with Crippen molar-refractivity contribution in [2.24, 2.45) is 11.8 Å². The lowest BCUT2D eigenvalue weighted by Gasteiger charge is -2.51. The minimum absolute atomic E-state index is 0.0300. The number of hydrogen-bond donors (Lipinski definition) is 1. The summed E-state index contributed by atoms with van der Waals surface area (Å²) >= 11 is 0. The molecule has 0 radical (unpaired) electrons. The number of amides is 4. The maximum Gasteiger partial charge on any atom is 0.262 e. The maximum absolute atomic E-state index is 14.9. The number of imide groups is 1. The summed E-state index contributed by atoms with van der Waals surface area (Å²) in [6.07, 6.45) is 4.96. The molecule has 3 atom stereocenters. The molecule has 0 unspecified atom stereocenters. The van der Waals surface area contributed by atoms with Crippen LogP contribution in [-0.2, 0) is 29.0 Å². The van der Waals surface area contributed by atoms with E-state index in [0.29, 0.717) is 24.5 Å². The van der Waals surface area contributed by atoms with E-state index in [1.54, 1.807) is 47.6 Å². The van der Waals surface area contributed by atoms with E-state index in [9.17, 15) is 19.2 Å². The Kier molecular flexibility index (Phi) is 7.82. The predicted octanol–water partition coefficient (Wildman–Crippen LogP) is 6.42. The van der Waals surface area contributed by atoms with Crippen LogP contribution in [0.15, 0.2) is 83.5 Å². The van der Waals surface area contributed by atoms with E-state index < -0.39 is 29.8 Å². The van der Waals surface area contributed by atoms with Crippen LogP contribution in [0.25, 0.3) is 0 Å². The minimum atomic E-state index is -1.25. The van der Waals surface area contributed by atoms with Crippen molar-refractivity contribution in [2.45, 2.75) is 65.0 Å². The summed E-state index contributed by atoms with van der Waals surface area (Å²) in [7, 11) is 0. The average Bonchev–Trinajstić information content (AvgIpc) is 3.66. The first kappa shape index (κ1) is 30.7. The molecule has 4 amide bonds. The fraction of sp³-hybridized carbons (Fsp3) is 0.333. The number of furan rings is 1. The van der Waals surface area contributed by atoms with Gasteiger partial charge in [-0.2, -0.15) is 0 Å². The quantitative estimate of drug-likeness (QED) is 0.238. The summed E-state index contributed by atoms with van der Waals surface area (Å²) in [5.74, 6) is -0.680. The van der Waals surface area contributed by atoms with Crippen LogP contribution in [0.4, 0.5) is 5.69 Å². The summed E-state index contributed by atoms with van der Waals surface area (Å²) in [5, 5.41) is 3.26. The molecule has 1 aliphatic heterocycles. The molecule has 8 nitrogen and oxygen atoms in total. The fourth-order valence-corrected chi connectivity index (χ4v) is 8.21. The summed E-state index contributed by atoms with van der Waals surface area (Å²) in [4.78, 5) is 58.9. The van der Waals surface area contributed by atoms with Crippen LogP contribution in [0.5, 0.6) is 0 Å². The number of carbonyl (C=O) groups is 4. The normalized spacial score (nSPS) is 21.6. The molecule has 0 spiro atoms. The van der Waals surface area contributed by atoms with Crippen molar-refractivity contribution >= 4 is 29.3 Å². The van der Waals surface area contributed by atoms with Crippen LogP contribution in [0.2, 0.25) is 0 Å². The SMILES string of the molecule is Cc1cc(C)c(NC(=O)[C@@]2(N(Cc3ccco3)C(=O)CN3C(=O)c4ccccc4C3=O)CC[C@@H]3Cc4ccccc4C[C@H]3C2)c(C)c1. The highest BCUT2D eigenvalue weighted by Crippen LogP contribution is 2.47. The van der Waals surface area contributed by atoms with Crippen LogP contribution in [0, 0.1) is 32.6 Å². The predicted molar refractivity (Wildman–Crippen MR) is 178 cm³/mol. The Morgan fingerprint density at radius 2 is 1.49 bits per heavy atom. The molecule has 0 saturated heterocycles. The van der Waals surface area contributed by atoms with Gasteiger partial charge in [-0.05, 0) is 111 Å². The van der Waals surface area contributed by atoms with E-state index in [-0.39, 0.29) is 29.5 Å². The molecular weight excluding hydrogens is 590 g/mol. The number of hydrogen-bond acceptors (Lipinski definition) is 5. The van der Waals surface area contributed by atoms with E-state index in [0.717, 1.165) is 46.5 Å². The zero-order valence-electron chi connectivity index (χ0n) is 27.0. The Labute approximate surface area is 274 Å². The second-order valence-corrected chi connectivity index (χ2v) is 13.5. The van der Waals surface area contributed by atoms with Crippen molar-refractivity contribution in [3.05, 3.63) is 124 Å². The van der Waals surface area contributed by atoms with Crippen LogP contribution in [0.1, 0.15) is 73.6 Å². The molecule has 2 aliphatic carbocycles. The lowest BCUT2D eigenvalue weighted by molar-refractivity contribution is -0.151. The first-order valence-electron chi connectivity index (χ1n) is 16.4. The third-order valence-electron chi connectivity index (χ3n) is 10.5. The summed E-state index contributed by atoms with van der Waals surface area (Å²) in [6, 6.07) is 22.7. The topological polar surface area (TPSA) is 99.9 Å². The lowest BCUT2D eigenvalue weighted by atomic mass is 9.62. The van der Waals surface area contributed by atoms with Gasteiger partial charge in [-0.15, -0.1) is 0 Å². The third-order valence-corrected chi connectivity index (χ3v) is 10.5. The van der Waals surface area contributed by atoms with Crippen LogP contribution in [-0.4, -0.2) is 45.5 Å². The first-order valence-corrected chi connectivity index (χ1v) is 16.4. The molecule has 0 bridgehead atoms. The van der Waals surface area contributed by atoms with Crippen molar-refractivity contribution in [3.63, 3.8) is 0 Å². The Morgan fingerprint density at radius 1 is 0.872 bits per heavy atom. The van der Waals surface area contributed by atoms with Crippen molar-refractivity contribution < 1.29 is 23.6 Å². The Morgan fingerprint density at radius 3 is 2.11 bits per heavy atom. The molecule has 7 rings (SSSR count). The third kappa shape index (κ3) is 5.45. The molecule has 1 aromatic heterocycles. The van der Waals surface area contributed by atoms with Gasteiger partial charge in [0, 0.05) is 5.69 Å². The Bertz CT molecular complexity index is 1840. The highest BCUT2D eigenvalue weighted by atomic mass is 16.3. The molecule has 3 aliphatic rings. The molecule has 47 heavy (non-hydrogen) atoms. The Balaban J connectivity index is 1.29. The van der Waals surface area contributed by atoms with Gasteiger partial charge >= 0.3 is 0 Å². The number of rotatable bonds is 7. The van der Waals surface area contributed by atoms with Crippen molar-refractivity contribution in [3.8, 4) is 0 Å². The van der Waals surface area contributed by atoms with Gasteiger partial charge in [0.1, 0.15) is 17.8 Å². The number of nitrogens with zero attached hydrogens (tertiary/aromatic N) is 2. The first-order chi connectivity index (χ1) is 22.6. The zero-order chi connectivity index (χ0) is 32.9. The van der Waals surface area contributed by atoms with Gasteiger partial charge in [0.2, 0.25) is 11.8 Å². The number of benzene rings is 3. The molecule has 1 fully saturated rings. The second kappa shape index (κ2) is 12.0. The van der Waals surface area contributed by atoms with E-state index in [2.05, 4.69) is 29.6 Å². The lowest BCUT2D eigenvalue weighted by Crippen LogP contribution is -2.63. The summed E-state index contributed by atoms with van der Waals surface area (Å²) < 4.78 is 5.74. The van der Waals surface area contributed by atoms with Crippen molar-refractivity contribution in [1.82, 2.24) is 9.80 Å². The van der Waals surface area contributed by atoms with Crippen molar-refractivity contribution in [2.75, 3.05) is 11.9 Å². The Hall–Kier alpha value is -4.98. The van der Waals surface area contributed by atoms with Gasteiger partial charge in [-0.3, -0.25) is 24.1 Å². The van der Waals surface area contributed by atoms with Gasteiger partial charge in [-0.1, -0.05) is 54.1 Å². The van der Waals surface area contributed by atoms with Gasteiger partial charge in [-0.25, -0.2) is 0 Å². The summed E-state index contributed by atoms with van der Waals surface area (Å²) in [6.45, 7) is 5.54. The largest absolute Gasteiger partial charge is 0.467 e. The van der Waals surface area contributed by atoms with E-state index in [4.69, 9.17) is 4.42 Å². The number of carbonyl (C=O) groups excluding carboxylic acids is 4. The maximum atomic E-state index is 14.9. The smallest absolute Gasteiger partial charge is 0.262 e. The van der Waals surface area contributed by atoms with Crippen LogP contribution >= 0.6 is 0 Å². The molecular formula is C39H39N3O5. The molecule has 8 heteroatoms. The van der Waals surface area contributed by atoms with E-state index in [1.165, 1.54) is 11.1 Å². The molecule has 240 valence electrons. The zero-order valence-corrected chi connectivity index (χ0v) is 27.0. The molecule has 1 N–H and O–H groups in total. The number of aryl methyl sites for hydroxylation is 3. The number of nitrogens with one attached hydrogen (secondary N) is 1. The standard InChI is InChI=1S/C39H39N3O5/c1-24-17-25(2)35(26(3)18-24)40-38(46)39(15-14-29-19-27-9-4-5-10-28(27)20-30(29)21-39)42(22-31-11-8-16-47-31)34(43)23-41-36(44)32-12-6-7-13-33(32)37(41)45/h4-13,16-18,29-30H,14-15,19-23H2,1-3H3,(H,40,46)/t29-,30+,39-/m1/s1. The molecule has 4 aromatic rings. The molecule has 3 aromatic carbocycles. The minimum Gasteiger partial charge on any atom is -0.467 e.